The first-order chi connectivity index (χ1) is 16.8. The van der Waals surface area contributed by atoms with E-state index in [0.717, 1.165) is 0 Å². The van der Waals surface area contributed by atoms with Crippen molar-refractivity contribution >= 4 is 40.9 Å². The zero-order chi connectivity index (χ0) is 26.7. The standard InChI is InChI=1S/C27H30Cl2F3NO2S/c1-5-7-22-25(34)33(21(15-27(30,31)32)16-36-26(2,3)4)23(17-10-12-19(28)13-11-17)24(35-22)18-8-6-9-20(29)14-18/h5-6,8-14,21-24H,1,7,15-16H2,2-4H3. The van der Waals surface area contributed by atoms with Crippen LogP contribution in [0, 0.1) is 0 Å². The molecule has 1 aliphatic rings. The van der Waals surface area contributed by atoms with Gasteiger partial charge in [0.15, 0.2) is 0 Å². The molecule has 4 atom stereocenters. The Morgan fingerprint density at radius 1 is 1.08 bits per heavy atom. The molecule has 1 amide bonds. The lowest BCUT2D eigenvalue weighted by atomic mass is 9.89. The number of halogens is 5. The molecular formula is C27H30Cl2F3NO2S. The first-order valence-corrected chi connectivity index (χ1v) is 13.3. The summed E-state index contributed by atoms with van der Waals surface area (Å²) in [5.41, 5.74) is 1.30. The molecule has 2 aromatic carbocycles. The van der Waals surface area contributed by atoms with Crippen LogP contribution in [0.3, 0.4) is 0 Å². The van der Waals surface area contributed by atoms with E-state index in [0.29, 0.717) is 21.2 Å². The van der Waals surface area contributed by atoms with Crippen LogP contribution in [0.25, 0.3) is 0 Å². The second-order valence-corrected chi connectivity index (χ2v) is 12.5. The van der Waals surface area contributed by atoms with E-state index < -0.39 is 42.8 Å². The predicted octanol–water partition coefficient (Wildman–Crippen LogP) is 8.43. The van der Waals surface area contributed by atoms with Crippen molar-refractivity contribution in [3.63, 3.8) is 0 Å². The lowest BCUT2D eigenvalue weighted by Gasteiger charge is -2.48. The van der Waals surface area contributed by atoms with Gasteiger partial charge >= 0.3 is 6.18 Å². The van der Waals surface area contributed by atoms with Gasteiger partial charge in [0, 0.05) is 27.0 Å². The van der Waals surface area contributed by atoms with Gasteiger partial charge in [0.2, 0.25) is 0 Å². The Hall–Kier alpha value is -1.67. The summed E-state index contributed by atoms with van der Waals surface area (Å²) in [4.78, 5) is 15.2. The van der Waals surface area contributed by atoms with Crippen molar-refractivity contribution < 1.29 is 22.7 Å². The smallest absolute Gasteiger partial charge is 0.358 e. The highest BCUT2D eigenvalue weighted by Crippen LogP contribution is 2.46. The number of carbonyl (C=O) groups excluding carboxylic acids is 1. The SMILES string of the molecule is C=CCC1OC(c2cccc(Cl)c2)C(c2ccc(Cl)cc2)N(C(CSC(C)(C)C)CC(F)(F)F)C1=O. The lowest BCUT2D eigenvalue weighted by molar-refractivity contribution is -0.188. The van der Waals surface area contributed by atoms with Gasteiger partial charge < -0.3 is 9.64 Å². The second-order valence-electron chi connectivity index (χ2n) is 9.76. The number of hydrogen-bond acceptors (Lipinski definition) is 3. The first kappa shape index (κ1) is 28.9. The van der Waals surface area contributed by atoms with E-state index in [9.17, 15) is 18.0 Å². The summed E-state index contributed by atoms with van der Waals surface area (Å²) in [5.74, 6) is -0.376. The largest absolute Gasteiger partial charge is 0.391 e. The third kappa shape index (κ3) is 7.67. The number of morpholine rings is 1. The summed E-state index contributed by atoms with van der Waals surface area (Å²) in [6, 6.07) is 11.8. The van der Waals surface area contributed by atoms with Crippen LogP contribution in [-0.2, 0) is 9.53 Å². The van der Waals surface area contributed by atoms with Crippen molar-refractivity contribution in [3.05, 3.63) is 82.4 Å². The van der Waals surface area contributed by atoms with Crippen molar-refractivity contribution in [2.75, 3.05) is 5.75 Å². The highest BCUT2D eigenvalue weighted by atomic mass is 35.5. The molecule has 0 bridgehead atoms. The van der Waals surface area contributed by atoms with Crippen LogP contribution in [0.1, 0.15) is 56.9 Å². The molecule has 2 aromatic rings. The van der Waals surface area contributed by atoms with Crippen molar-refractivity contribution in [2.45, 2.75) is 68.8 Å². The zero-order valence-corrected chi connectivity index (χ0v) is 22.7. The Morgan fingerprint density at radius 2 is 1.75 bits per heavy atom. The molecule has 1 fully saturated rings. The highest BCUT2D eigenvalue weighted by Gasteiger charge is 2.48. The number of thioether (sulfide) groups is 1. The maximum Gasteiger partial charge on any atom is 0.391 e. The molecule has 0 aliphatic carbocycles. The quantitative estimate of drug-likeness (QED) is 0.304. The third-order valence-electron chi connectivity index (χ3n) is 5.77. The lowest BCUT2D eigenvalue weighted by Crippen LogP contribution is -2.56. The van der Waals surface area contributed by atoms with Crippen LogP contribution in [0.15, 0.2) is 61.2 Å². The Labute approximate surface area is 225 Å². The van der Waals surface area contributed by atoms with Gasteiger partial charge in [0.05, 0.1) is 18.5 Å². The summed E-state index contributed by atoms with van der Waals surface area (Å²) in [7, 11) is 0. The molecule has 196 valence electrons. The molecule has 36 heavy (non-hydrogen) atoms. The number of nitrogens with zero attached hydrogens (tertiary/aromatic N) is 1. The molecule has 0 saturated carbocycles. The van der Waals surface area contributed by atoms with Crippen LogP contribution in [0.4, 0.5) is 13.2 Å². The highest BCUT2D eigenvalue weighted by molar-refractivity contribution is 8.00. The molecule has 3 nitrogen and oxygen atoms in total. The second kappa shape index (κ2) is 11.8. The Bertz CT molecular complexity index is 1060. The van der Waals surface area contributed by atoms with Gasteiger partial charge in [-0.1, -0.05) is 74.3 Å². The van der Waals surface area contributed by atoms with Crippen molar-refractivity contribution in [3.8, 4) is 0 Å². The van der Waals surface area contributed by atoms with Gasteiger partial charge in [-0.05, 0) is 35.4 Å². The number of benzene rings is 2. The summed E-state index contributed by atoms with van der Waals surface area (Å²) in [6.07, 6.45) is -5.60. The third-order valence-corrected chi connectivity index (χ3v) is 7.67. The van der Waals surface area contributed by atoms with Gasteiger partial charge in [-0.3, -0.25) is 4.79 Å². The van der Waals surface area contributed by atoms with Gasteiger partial charge in [0.25, 0.3) is 5.91 Å². The fraction of sp³-hybridized carbons (Fsp3) is 0.444. The number of alkyl halides is 3. The van der Waals surface area contributed by atoms with Gasteiger partial charge in [-0.25, -0.2) is 0 Å². The van der Waals surface area contributed by atoms with E-state index >= 15 is 0 Å². The topological polar surface area (TPSA) is 29.5 Å². The van der Waals surface area contributed by atoms with Gasteiger partial charge in [-0.15, -0.1) is 6.58 Å². The van der Waals surface area contributed by atoms with Crippen molar-refractivity contribution in [2.24, 2.45) is 0 Å². The minimum Gasteiger partial charge on any atom is -0.358 e. The number of rotatable bonds is 8. The minimum absolute atomic E-state index is 0.113. The molecule has 9 heteroatoms. The number of amides is 1. The maximum absolute atomic E-state index is 13.9. The molecule has 1 aliphatic heterocycles. The fourth-order valence-corrected chi connectivity index (χ4v) is 5.56. The van der Waals surface area contributed by atoms with E-state index in [-0.39, 0.29) is 16.9 Å². The van der Waals surface area contributed by atoms with E-state index in [1.54, 1.807) is 54.6 Å². The van der Waals surface area contributed by atoms with E-state index in [1.165, 1.54) is 16.7 Å². The average Bonchev–Trinajstić information content (AvgIpc) is 2.77. The summed E-state index contributed by atoms with van der Waals surface area (Å²) >= 11 is 13.8. The summed E-state index contributed by atoms with van der Waals surface area (Å²) in [6.45, 7) is 9.54. The fourth-order valence-electron chi connectivity index (χ4n) is 4.26. The van der Waals surface area contributed by atoms with Crippen molar-refractivity contribution in [1.82, 2.24) is 4.90 Å². The van der Waals surface area contributed by atoms with Crippen LogP contribution in [0.2, 0.25) is 10.0 Å². The average molecular weight is 561 g/mol. The minimum atomic E-state index is -4.47. The molecule has 3 rings (SSSR count). The van der Waals surface area contributed by atoms with Crippen LogP contribution in [0.5, 0.6) is 0 Å². The molecule has 0 spiro atoms. The summed E-state index contributed by atoms with van der Waals surface area (Å²) < 4.78 is 47.6. The Morgan fingerprint density at radius 3 is 2.31 bits per heavy atom. The molecule has 1 heterocycles. The summed E-state index contributed by atoms with van der Waals surface area (Å²) in [5, 5.41) is 0.942. The molecule has 4 unspecified atom stereocenters. The zero-order valence-electron chi connectivity index (χ0n) is 20.4. The molecule has 0 N–H and O–H groups in total. The number of ether oxygens (including phenoxy) is 1. The van der Waals surface area contributed by atoms with Gasteiger partial charge in [0.1, 0.15) is 12.2 Å². The predicted molar refractivity (Wildman–Crippen MR) is 142 cm³/mol. The number of hydrogen-bond donors (Lipinski definition) is 0. The van der Waals surface area contributed by atoms with Crippen LogP contribution < -0.4 is 0 Å². The monoisotopic (exact) mass is 559 g/mol. The molecule has 0 aromatic heterocycles. The molecular weight excluding hydrogens is 530 g/mol. The Kier molecular flexibility index (Phi) is 9.47. The first-order valence-electron chi connectivity index (χ1n) is 11.6. The van der Waals surface area contributed by atoms with Crippen LogP contribution in [-0.4, -0.2) is 39.6 Å². The van der Waals surface area contributed by atoms with Gasteiger partial charge in [-0.2, -0.15) is 24.9 Å². The van der Waals surface area contributed by atoms with E-state index in [2.05, 4.69) is 6.58 Å². The maximum atomic E-state index is 13.9. The number of carbonyl (C=O) groups is 1. The van der Waals surface area contributed by atoms with Crippen LogP contribution >= 0.6 is 35.0 Å². The Balaban J connectivity index is 2.19. The molecule has 1 saturated heterocycles. The van der Waals surface area contributed by atoms with E-state index in [4.69, 9.17) is 27.9 Å². The van der Waals surface area contributed by atoms with E-state index in [1.807, 2.05) is 20.8 Å². The van der Waals surface area contributed by atoms with Crippen molar-refractivity contribution in [1.29, 1.82) is 0 Å². The molecule has 0 radical (unpaired) electrons. The normalized spacial score (nSPS) is 21.9.